The topological polar surface area (TPSA) is 66.5 Å². The Morgan fingerprint density at radius 1 is 1.22 bits per heavy atom. The number of nitrogens with one attached hydrogen (secondary N) is 1. The minimum atomic E-state index is -3.67. The normalized spacial score (nSPS) is 17.7. The van der Waals surface area contributed by atoms with Gasteiger partial charge in [-0.3, -0.25) is 9.10 Å². The quantitative estimate of drug-likeness (QED) is 0.823. The van der Waals surface area contributed by atoms with Crippen molar-refractivity contribution in [2.45, 2.75) is 38.3 Å². The molecule has 27 heavy (non-hydrogen) atoms. The number of hydrogen-bond donors (Lipinski definition) is 1. The maximum absolute atomic E-state index is 12.9. The fraction of sp³-hybridized carbons (Fsp3) is 0.350. The van der Waals surface area contributed by atoms with Crippen LogP contribution in [0, 0.1) is 0 Å². The molecule has 0 unspecified atom stereocenters. The van der Waals surface area contributed by atoms with Crippen LogP contribution in [-0.2, 0) is 21.2 Å². The number of anilines is 1. The number of halogens is 1. The van der Waals surface area contributed by atoms with Gasteiger partial charge in [0.15, 0.2) is 0 Å². The molecular weight excluding hydrogens is 384 g/mol. The van der Waals surface area contributed by atoms with Crippen molar-refractivity contribution in [2.75, 3.05) is 10.6 Å². The molecule has 7 heteroatoms. The third kappa shape index (κ3) is 4.45. The smallest absolute Gasteiger partial charge is 0.244 e. The number of benzene rings is 2. The highest BCUT2D eigenvalue weighted by atomic mass is 35.5. The Hall–Kier alpha value is -2.05. The van der Waals surface area contributed by atoms with Gasteiger partial charge >= 0.3 is 0 Å². The number of aryl methyl sites for hydroxylation is 1. The highest BCUT2D eigenvalue weighted by Gasteiger charge is 2.31. The van der Waals surface area contributed by atoms with Crippen molar-refractivity contribution in [2.24, 2.45) is 0 Å². The van der Waals surface area contributed by atoms with Crippen LogP contribution in [0.3, 0.4) is 0 Å². The molecule has 5 nitrogen and oxygen atoms in total. The molecule has 0 saturated carbocycles. The Morgan fingerprint density at radius 3 is 2.67 bits per heavy atom. The lowest BCUT2D eigenvalue weighted by Gasteiger charge is -2.31. The van der Waals surface area contributed by atoms with E-state index in [4.69, 9.17) is 11.6 Å². The van der Waals surface area contributed by atoms with Crippen molar-refractivity contribution >= 4 is 33.2 Å². The van der Waals surface area contributed by atoms with E-state index < -0.39 is 16.1 Å². The number of nitrogens with zero attached hydrogens (tertiary/aromatic N) is 1. The Balaban J connectivity index is 1.85. The minimum Gasteiger partial charge on any atom is -0.347 e. The number of fused-ring (bicyclic) bond motifs is 1. The SMILES string of the molecule is C[C@@H](C(=O)N[C@@H]1CCCc2ccccc21)N(c1cccc(Cl)c1)S(C)(=O)=O. The fourth-order valence-corrected chi connectivity index (χ4v) is 4.97. The van der Waals surface area contributed by atoms with Gasteiger partial charge in [0.25, 0.3) is 0 Å². The van der Waals surface area contributed by atoms with Gasteiger partial charge in [-0.05, 0) is 55.5 Å². The van der Waals surface area contributed by atoms with Gasteiger partial charge in [-0.25, -0.2) is 8.42 Å². The van der Waals surface area contributed by atoms with Crippen LogP contribution in [0.25, 0.3) is 0 Å². The van der Waals surface area contributed by atoms with Crippen LogP contribution in [0.4, 0.5) is 5.69 Å². The predicted molar refractivity (Wildman–Crippen MR) is 109 cm³/mol. The third-order valence-electron chi connectivity index (χ3n) is 4.84. The van der Waals surface area contributed by atoms with Gasteiger partial charge in [0, 0.05) is 5.02 Å². The van der Waals surface area contributed by atoms with Crippen LogP contribution in [0.2, 0.25) is 5.02 Å². The fourth-order valence-electron chi connectivity index (χ4n) is 3.62. The lowest BCUT2D eigenvalue weighted by molar-refractivity contribution is -0.122. The maximum Gasteiger partial charge on any atom is 0.244 e. The van der Waals surface area contributed by atoms with Crippen LogP contribution in [0.15, 0.2) is 48.5 Å². The summed E-state index contributed by atoms with van der Waals surface area (Å²) in [6.45, 7) is 1.59. The number of rotatable bonds is 5. The first-order chi connectivity index (χ1) is 12.8. The molecule has 1 amide bonds. The zero-order valence-electron chi connectivity index (χ0n) is 15.4. The van der Waals surface area contributed by atoms with Gasteiger partial charge < -0.3 is 5.32 Å². The van der Waals surface area contributed by atoms with Crippen LogP contribution < -0.4 is 9.62 Å². The first-order valence-electron chi connectivity index (χ1n) is 8.90. The second kappa shape index (κ2) is 7.90. The largest absolute Gasteiger partial charge is 0.347 e. The summed E-state index contributed by atoms with van der Waals surface area (Å²) < 4.78 is 25.9. The minimum absolute atomic E-state index is 0.106. The summed E-state index contributed by atoms with van der Waals surface area (Å²) in [5, 5.41) is 3.45. The molecular formula is C20H23ClN2O3S. The first-order valence-corrected chi connectivity index (χ1v) is 11.1. The predicted octanol–water partition coefficient (Wildman–Crippen LogP) is 3.69. The van der Waals surface area contributed by atoms with Crippen LogP contribution in [0.5, 0.6) is 0 Å². The second-order valence-electron chi connectivity index (χ2n) is 6.87. The summed E-state index contributed by atoms with van der Waals surface area (Å²) in [6.07, 6.45) is 3.91. The third-order valence-corrected chi connectivity index (χ3v) is 6.31. The molecule has 0 heterocycles. The first kappa shape index (κ1) is 19.7. The molecule has 2 aromatic rings. The van der Waals surface area contributed by atoms with Gasteiger partial charge in [-0.15, -0.1) is 0 Å². The van der Waals surface area contributed by atoms with Crippen LogP contribution >= 0.6 is 11.6 Å². The van der Waals surface area contributed by atoms with Gasteiger partial charge in [-0.1, -0.05) is 41.9 Å². The average molecular weight is 407 g/mol. The molecule has 0 spiro atoms. The van der Waals surface area contributed by atoms with E-state index >= 15 is 0 Å². The van der Waals surface area contributed by atoms with E-state index in [2.05, 4.69) is 11.4 Å². The van der Waals surface area contributed by atoms with Gasteiger partial charge in [0.05, 0.1) is 18.0 Å². The Labute approximate surface area is 165 Å². The van der Waals surface area contributed by atoms with Crippen molar-refractivity contribution < 1.29 is 13.2 Å². The molecule has 0 radical (unpaired) electrons. The van der Waals surface area contributed by atoms with E-state index in [0.29, 0.717) is 10.7 Å². The molecule has 0 saturated heterocycles. The van der Waals surface area contributed by atoms with E-state index in [9.17, 15) is 13.2 Å². The number of amides is 1. The molecule has 2 atom stereocenters. The Kier molecular flexibility index (Phi) is 5.77. The van der Waals surface area contributed by atoms with Gasteiger partial charge in [0.1, 0.15) is 6.04 Å². The maximum atomic E-state index is 12.9. The molecule has 1 aliphatic rings. The number of sulfonamides is 1. The lowest BCUT2D eigenvalue weighted by Crippen LogP contribution is -2.49. The molecule has 0 fully saturated rings. The summed E-state index contributed by atoms with van der Waals surface area (Å²) in [6, 6.07) is 13.6. The molecule has 2 aromatic carbocycles. The van der Waals surface area contributed by atoms with Crippen molar-refractivity contribution in [3.63, 3.8) is 0 Å². The molecule has 0 aromatic heterocycles. The molecule has 0 aliphatic heterocycles. The zero-order valence-corrected chi connectivity index (χ0v) is 16.9. The number of carbonyl (C=O) groups is 1. The molecule has 144 valence electrons. The van der Waals surface area contributed by atoms with E-state index in [1.54, 1.807) is 31.2 Å². The van der Waals surface area contributed by atoms with E-state index in [1.807, 2.05) is 18.2 Å². The summed E-state index contributed by atoms with van der Waals surface area (Å²) in [7, 11) is -3.67. The molecule has 1 N–H and O–H groups in total. The molecule has 0 bridgehead atoms. The average Bonchev–Trinajstić information content (AvgIpc) is 2.61. The summed E-state index contributed by atoms with van der Waals surface area (Å²) in [5.41, 5.74) is 2.71. The standard InChI is InChI=1S/C20H23ClN2O3S/c1-14(23(27(2,25)26)17-10-6-9-16(21)13-17)20(24)22-19-12-5-8-15-7-3-4-11-18(15)19/h3-4,6-7,9-11,13-14,19H,5,8,12H2,1-2H3,(H,22,24)/t14-,19+/m0/s1. The van der Waals surface area contributed by atoms with Crippen molar-refractivity contribution in [1.29, 1.82) is 0 Å². The highest BCUT2D eigenvalue weighted by molar-refractivity contribution is 7.92. The summed E-state index contributed by atoms with van der Waals surface area (Å²) >= 11 is 6.01. The molecule has 3 rings (SSSR count). The number of carbonyl (C=O) groups excluding carboxylic acids is 1. The van der Waals surface area contributed by atoms with Gasteiger partial charge in [0.2, 0.25) is 15.9 Å². The second-order valence-corrected chi connectivity index (χ2v) is 9.16. The Bertz CT molecular complexity index is 946. The van der Waals surface area contributed by atoms with Crippen molar-refractivity contribution in [1.82, 2.24) is 5.32 Å². The van der Waals surface area contributed by atoms with Crippen molar-refractivity contribution in [3.05, 3.63) is 64.7 Å². The van der Waals surface area contributed by atoms with E-state index in [0.717, 1.165) is 35.4 Å². The highest BCUT2D eigenvalue weighted by Crippen LogP contribution is 2.30. The summed E-state index contributed by atoms with van der Waals surface area (Å²) in [4.78, 5) is 12.9. The molecule has 1 aliphatic carbocycles. The van der Waals surface area contributed by atoms with E-state index in [1.165, 1.54) is 5.56 Å². The summed E-state index contributed by atoms with van der Waals surface area (Å²) in [5.74, 6) is -0.331. The Morgan fingerprint density at radius 2 is 1.96 bits per heavy atom. The lowest BCUT2D eigenvalue weighted by atomic mass is 9.87. The zero-order chi connectivity index (χ0) is 19.6. The monoisotopic (exact) mass is 406 g/mol. The van der Waals surface area contributed by atoms with Crippen LogP contribution in [-0.4, -0.2) is 26.6 Å². The van der Waals surface area contributed by atoms with Crippen LogP contribution in [0.1, 0.15) is 36.9 Å². The van der Waals surface area contributed by atoms with Crippen molar-refractivity contribution in [3.8, 4) is 0 Å². The van der Waals surface area contributed by atoms with Gasteiger partial charge in [-0.2, -0.15) is 0 Å². The van der Waals surface area contributed by atoms with E-state index in [-0.39, 0.29) is 11.9 Å². The number of hydrogen-bond acceptors (Lipinski definition) is 3.